The van der Waals surface area contributed by atoms with Crippen molar-refractivity contribution in [1.82, 2.24) is 0 Å². The third kappa shape index (κ3) is 5.79. The monoisotopic (exact) mass is 439 g/mol. The third-order valence-electron chi connectivity index (χ3n) is 4.26. The van der Waals surface area contributed by atoms with Crippen molar-refractivity contribution in [2.24, 2.45) is 0 Å². The predicted octanol–water partition coefficient (Wildman–Crippen LogP) is 4.01. The van der Waals surface area contributed by atoms with Crippen LogP contribution in [0, 0.1) is 15.9 Å². The van der Waals surface area contributed by atoms with E-state index in [-0.39, 0.29) is 11.7 Å². The maximum absolute atomic E-state index is 13.8. The van der Waals surface area contributed by atoms with Gasteiger partial charge in [0.2, 0.25) is 0 Å². The smallest absolute Gasteiger partial charge is 0.272 e. The lowest BCUT2D eigenvalue weighted by atomic mass is 10.2. The third-order valence-corrected chi connectivity index (χ3v) is 4.26. The summed E-state index contributed by atoms with van der Waals surface area (Å²) >= 11 is 0. The molecule has 3 aromatic carbocycles. The number of benzene rings is 3. The number of nitrogens with zero attached hydrogens (tertiary/aromatic N) is 1. The van der Waals surface area contributed by atoms with E-state index in [1.54, 1.807) is 31.4 Å². The molecule has 0 spiro atoms. The Hall–Kier alpha value is -4.47. The summed E-state index contributed by atoms with van der Waals surface area (Å²) in [5, 5.41) is 15.9. The van der Waals surface area contributed by atoms with E-state index in [9.17, 15) is 24.1 Å². The second-order valence-corrected chi connectivity index (χ2v) is 6.47. The Morgan fingerprint density at radius 2 is 1.59 bits per heavy atom. The van der Waals surface area contributed by atoms with Crippen LogP contribution in [0.2, 0.25) is 0 Å². The molecule has 2 N–H and O–H groups in total. The number of hydrogen-bond donors (Lipinski definition) is 2. The number of anilines is 2. The molecule has 2 amide bonds. The van der Waals surface area contributed by atoms with Gasteiger partial charge in [0, 0.05) is 23.0 Å². The highest BCUT2D eigenvalue weighted by molar-refractivity contribution is 6.04. The summed E-state index contributed by atoms with van der Waals surface area (Å²) in [7, 11) is 1.55. The van der Waals surface area contributed by atoms with Crippen molar-refractivity contribution in [2.45, 2.75) is 0 Å². The number of nitro benzene ring substituents is 1. The van der Waals surface area contributed by atoms with Gasteiger partial charge < -0.3 is 20.1 Å². The molecular weight excluding hydrogens is 421 g/mol. The number of ether oxygens (including phenoxy) is 2. The highest BCUT2D eigenvalue weighted by Gasteiger charge is 2.13. The molecule has 32 heavy (non-hydrogen) atoms. The van der Waals surface area contributed by atoms with Crippen LogP contribution in [0.15, 0.2) is 66.7 Å². The lowest BCUT2D eigenvalue weighted by Gasteiger charge is -2.09. The number of hydrogen-bond acceptors (Lipinski definition) is 6. The Morgan fingerprint density at radius 1 is 0.969 bits per heavy atom. The standard InChI is InChI=1S/C22H18FN3O6/c1-31-18-9-6-16(7-10-18)25-22(28)14-2-4-15(5-3-14)24-21(27)13-32-20-11-8-17(26(29)30)12-19(20)23/h2-12H,13H2,1H3,(H,24,27)(H,25,28). The summed E-state index contributed by atoms with van der Waals surface area (Å²) in [5.41, 5.74) is 0.964. The number of rotatable bonds is 8. The Kier molecular flexibility index (Phi) is 6.96. The van der Waals surface area contributed by atoms with Crippen molar-refractivity contribution >= 4 is 28.9 Å². The molecule has 0 aliphatic carbocycles. The van der Waals surface area contributed by atoms with Crippen LogP contribution in [0.25, 0.3) is 0 Å². The van der Waals surface area contributed by atoms with E-state index < -0.39 is 28.9 Å². The lowest BCUT2D eigenvalue weighted by molar-refractivity contribution is -0.385. The maximum atomic E-state index is 13.8. The number of methoxy groups -OCH3 is 1. The van der Waals surface area contributed by atoms with Gasteiger partial charge in [0.05, 0.1) is 18.1 Å². The van der Waals surface area contributed by atoms with E-state index in [4.69, 9.17) is 9.47 Å². The van der Waals surface area contributed by atoms with Gasteiger partial charge in [-0.2, -0.15) is 0 Å². The molecule has 0 aliphatic heterocycles. The van der Waals surface area contributed by atoms with E-state index in [0.717, 1.165) is 12.1 Å². The van der Waals surface area contributed by atoms with E-state index >= 15 is 0 Å². The fourth-order valence-electron chi connectivity index (χ4n) is 2.64. The molecule has 164 valence electrons. The quantitative estimate of drug-likeness (QED) is 0.404. The van der Waals surface area contributed by atoms with E-state index in [0.29, 0.717) is 28.8 Å². The van der Waals surface area contributed by atoms with Gasteiger partial charge in [0.1, 0.15) is 5.75 Å². The first kappa shape index (κ1) is 22.2. The Balaban J connectivity index is 1.52. The van der Waals surface area contributed by atoms with E-state index in [1.165, 1.54) is 24.3 Å². The molecule has 0 saturated carbocycles. The second kappa shape index (κ2) is 10.0. The van der Waals surface area contributed by atoms with Gasteiger partial charge in [0.25, 0.3) is 17.5 Å². The van der Waals surface area contributed by atoms with Gasteiger partial charge in [-0.25, -0.2) is 4.39 Å². The van der Waals surface area contributed by atoms with E-state index in [2.05, 4.69) is 10.6 Å². The SMILES string of the molecule is COc1ccc(NC(=O)c2ccc(NC(=O)COc3ccc([N+](=O)[O-])cc3F)cc2)cc1. The maximum Gasteiger partial charge on any atom is 0.272 e. The van der Waals surface area contributed by atoms with Gasteiger partial charge >= 0.3 is 0 Å². The first-order valence-electron chi connectivity index (χ1n) is 9.28. The normalized spacial score (nSPS) is 10.2. The van der Waals surface area contributed by atoms with E-state index in [1.807, 2.05) is 0 Å². The predicted molar refractivity (Wildman–Crippen MR) is 115 cm³/mol. The van der Waals surface area contributed by atoms with Crippen LogP contribution in [0.5, 0.6) is 11.5 Å². The number of non-ortho nitro benzene ring substituents is 1. The Labute approximate surface area is 181 Å². The highest BCUT2D eigenvalue weighted by Crippen LogP contribution is 2.22. The summed E-state index contributed by atoms with van der Waals surface area (Å²) in [4.78, 5) is 34.2. The van der Waals surface area contributed by atoms with Crippen molar-refractivity contribution in [3.05, 3.63) is 88.2 Å². The molecule has 3 aromatic rings. The minimum Gasteiger partial charge on any atom is -0.497 e. The molecule has 9 nitrogen and oxygen atoms in total. The molecule has 0 saturated heterocycles. The minimum atomic E-state index is -0.945. The second-order valence-electron chi connectivity index (χ2n) is 6.47. The van der Waals surface area contributed by atoms with Gasteiger partial charge in [-0.3, -0.25) is 19.7 Å². The summed E-state index contributed by atoms with van der Waals surface area (Å²) in [6.45, 7) is -0.506. The molecule has 3 rings (SSSR count). The van der Waals surface area contributed by atoms with Crippen LogP contribution < -0.4 is 20.1 Å². The van der Waals surface area contributed by atoms with Gasteiger partial charge in [-0.05, 0) is 54.6 Å². The Morgan fingerprint density at radius 3 is 2.19 bits per heavy atom. The van der Waals surface area contributed by atoms with Crippen LogP contribution in [-0.4, -0.2) is 30.5 Å². The molecule has 0 aliphatic rings. The molecule has 0 bridgehead atoms. The fourth-order valence-corrected chi connectivity index (χ4v) is 2.64. The Bertz CT molecular complexity index is 1130. The number of amides is 2. The molecule has 0 radical (unpaired) electrons. The molecular formula is C22H18FN3O6. The van der Waals surface area contributed by atoms with Crippen LogP contribution in [0.1, 0.15) is 10.4 Å². The van der Waals surface area contributed by atoms with Gasteiger partial charge in [0.15, 0.2) is 18.2 Å². The number of halogens is 1. The van der Waals surface area contributed by atoms with Crippen molar-refractivity contribution in [3.8, 4) is 11.5 Å². The number of carbonyl (C=O) groups excluding carboxylic acids is 2. The molecule has 0 fully saturated rings. The van der Waals surface area contributed by atoms with Crippen molar-refractivity contribution in [3.63, 3.8) is 0 Å². The number of nitro groups is 1. The summed E-state index contributed by atoms with van der Waals surface area (Å²) in [5.74, 6) is -1.46. The summed E-state index contributed by atoms with van der Waals surface area (Å²) < 4.78 is 23.9. The summed E-state index contributed by atoms with van der Waals surface area (Å²) in [6.07, 6.45) is 0. The van der Waals surface area contributed by atoms with Crippen molar-refractivity contribution in [2.75, 3.05) is 24.4 Å². The van der Waals surface area contributed by atoms with Crippen molar-refractivity contribution in [1.29, 1.82) is 0 Å². The zero-order valence-corrected chi connectivity index (χ0v) is 16.8. The lowest BCUT2D eigenvalue weighted by Crippen LogP contribution is -2.20. The van der Waals surface area contributed by atoms with Gasteiger partial charge in [-0.1, -0.05) is 0 Å². The minimum absolute atomic E-state index is 0.281. The van der Waals surface area contributed by atoms with Crippen LogP contribution in [0.3, 0.4) is 0 Å². The highest BCUT2D eigenvalue weighted by atomic mass is 19.1. The zero-order chi connectivity index (χ0) is 23.1. The average Bonchev–Trinajstić information content (AvgIpc) is 2.79. The number of nitrogens with one attached hydrogen (secondary N) is 2. The molecule has 0 unspecified atom stereocenters. The summed E-state index contributed by atoms with van der Waals surface area (Å²) in [6, 6.07) is 15.9. The topological polar surface area (TPSA) is 120 Å². The fraction of sp³-hybridized carbons (Fsp3) is 0.0909. The molecule has 0 atom stereocenters. The van der Waals surface area contributed by atoms with Crippen LogP contribution in [0.4, 0.5) is 21.5 Å². The number of carbonyl (C=O) groups is 2. The molecule has 10 heteroatoms. The largest absolute Gasteiger partial charge is 0.497 e. The van der Waals surface area contributed by atoms with Crippen LogP contribution >= 0.6 is 0 Å². The first-order chi connectivity index (χ1) is 15.4. The zero-order valence-electron chi connectivity index (χ0n) is 16.8. The molecule has 0 aromatic heterocycles. The van der Waals surface area contributed by atoms with Crippen molar-refractivity contribution < 1.29 is 28.4 Å². The average molecular weight is 439 g/mol. The van der Waals surface area contributed by atoms with Gasteiger partial charge in [-0.15, -0.1) is 0 Å². The van der Waals surface area contributed by atoms with Crippen LogP contribution in [-0.2, 0) is 4.79 Å². The molecule has 0 heterocycles. The first-order valence-corrected chi connectivity index (χ1v) is 9.28.